The lowest BCUT2D eigenvalue weighted by Crippen LogP contribution is -2.09. The molecule has 0 spiro atoms. The SMILES string of the molecule is Cc1c(F)c(F)c(F)c(-c2c(F)c(F)c(F)c(F)c2F)c1F. The second-order valence-corrected chi connectivity index (χ2v) is 4.20. The Morgan fingerprint density at radius 2 is 0.636 bits per heavy atom. The molecule has 0 N–H and O–H groups in total. The molecule has 0 saturated carbocycles. The van der Waals surface area contributed by atoms with Crippen molar-refractivity contribution in [1.82, 2.24) is 0 Å². The van der Waals surface area contributed by atoms with E-state index in [1.165, 1.54) is 0 Å². The topological polar surface area (TPSA) is 0 Å². The van der Waals surface area contributed by atoms with Gasteiger partial charge in [0.1, 0.15) is 5.82 Å². The van der Waals surface area contributed by atoms with Gasteiger partial charge in [-0.3, -0.25) is 0 Å². The summed E-state index contributed by atoms with van der Waals surface area (Å²) in [7, 11) is 0. The van der Waals surface area contributed by atoms with Crippen LogP contribution in [-0.2, 0) is 0 Å². The maximum atomic E-state index is 13.8. The fourth-order valence-corrected chi connectivity index (χ4v) is 1.79. The highest BCUT2D eigenvalue weighted by Gasteiger charge is 2.33. The summed E-state index contributed by atoms with van der Waals surface area (Å²) in [5.41, 5.74) is -5.09. The van der Waals surface area contributed by atoms with Gasteiger partial charge in [0.15, 0.2) is 40.7 Å². The lowest BCUT2D eigenvalue weighted by Gasteiger charge is -2.13. The molecule has 2 aromatic carbocycles. The molecule has 0 radical (unpaired) electrons. The van der Waals surface area contributed by atoms with Gasteiger partial charge in [0.05, 0.1) is 11.1 Å². The van der Waals surface area contributed by atoms with E-state index < -0.39 is 69.0 Å². The van der Waals surface area contributed by atoms with E-state index in [0.29, 0.717) is 6.92 Å². The summed E-state index contributed by atoms with van der Waals surface area (Å²) in [5, 5.41) is 0. The fraction of sp³-hybridized carbons (Fsp3) is 0.0769. The van der Waals surface area contributed by atoms with Gasteiger partial charge in [-0.2, -0.15) is 0 Å². The Hall–Kier alpha value is -2.19. The van der Waals surface area contributed by atoms with Crippen LogP contribution in [0.25, 0.3) is 11.1 Å². The summed E-state index contributed by atoms with van der Waals surface area (Å²) in [6.07, 6.45) is 0. The number of hydrogen-bond donors (Lipinski definition) is 0. The van der Waals surface area contributed by atoms with Crippen LogP contribution in [0.2, 0.25) is 0 Å². The molecule has 0 saturated heterocycles. The first kappa shape index (κ1) is 16.2. The van der Waals surface area contributed by atoms with E-state index in [1.807, 2.05) is 0 Å². The van der Waals surface area contributed by atoms with E-state index in [1.54, 1.807) is 0 Å². The molecule has 0 amide bonds. The Balaban J connectivity index is 3.03. The van der Waals surface area contributed by atoms with Crippen molar-refractivity contribution < 1.29 is 39.5 Å². The minimum absolute atomic E-state index is 0.600. The van der Waals surface area contributed by atoms with Crippen LogP contribution in [0.4, 0.5) is 39.5 Å². The molecule has 0 nitrogen and oxygen atoms in total. The quantitative estimate of drug-likeness (QED) is 0.396. The van der Waals surface area contributed by atoms with E-state index in [2.05, 4.69) is 0 Å². The van der Waals surface area contributed by atoms with Crippen molar-refractivity contribution in [1.29, 1.82) is 0 Å². The zero-order valence-corrected chi connectivity index (χ0v) is 10.4. The zero-order chi connectivity index (χ0) is 16.9. The summed E-state index contributed by atoms with van der Waals surface area (Å²) in [4.78, 5) is 0. The molecule has 2 aromatic rings. The van der Waals surface area contributed by atoms with E-state index >= 15 is 0 Å². The second-order valence-electron chi connectivity index (χ2n) is 4.20. The van der Waals surface area contributed by atoms with E-state index in [-0.39, 0.29) is 0 Å². The van der Waals surface area contributed by atoms with Crippen molar-refractivity contribution in [3.63, 3.8) is 0 Å². The Bertz CT molecular complexity index is 670. The highest BCUT2D eigenvalue weighted by Crippen LogP contribution is 2.37. The summed E-state index contributed by atoms with van der Waals surface area (Å²) in [6, 6.07) is 0. The van der Waals surface area contributed by atoms with Gasteiger partial charge in [0, 0.05) is 5.56 Å². The molecule has 0 aliphatic heterocycles. The van der Waals surface area contributed by atoms with E-state index in [0.717, 1.165) is 0 Å². The van der Waals surface area contributed by atoms with Crippen LogP contribution < -0.4 is 0 Å². The number of hydrogen-bond acceptors (Lipinski definition) is 0. The third-order valence-corrected chi connectivity index (χ3v) is 2.94. The minimum atomic E-state index is -2.56. The summed E-state index contributed by atoms with van der Waals surface area (Å²) < 4.78 is 120. The Kier molecular flexibility index (Phi) is 3.84. The third kappa shape index (κ3) is 2.03. The Labute approximate surface area is 116 Å². The molecule has 0 aliphatic rings. The molecule has 22 heavy (non-hydrogen) atoms. The zero-order valence-electron chi connectivity index (χ0n) is 10.4. The van der Waals surface area contributed by atoms with Crippen molar-refractivity contribution in [2.75, 3.05) is 0 Å². The average Bonchev–Trinajstić information content (AvgIpc) is 2.50. The van der Waals surface area contributed by atoms with Crippen molar-refractivity contribution in [3.8, 4) is 11.1 Å². The lowest BCUT2D eigenvalue weighted by molar-refractivity contribution is 0.379. The second kappa shape index (κ2) is 5.22. The number of benzene rings is 2. The highest BCUT2D eigenvalue weighted by molar-refractivity contribution is 5.68. The molecular formula is C13H3F9. The third-order valence-electron chi connectivity index (χ3n) is 2.94. The van der Waals surface area contributed by atoms with Crippen LogP contribution in [-0.4, -0.2) is 0 Å². The largest absolute Gasteiger partial charge is 0.206 e. The molecule has 9 heteroatoms. The van der Waals surface area contributed by atoms with Gasteiger partial charge < -0.3 is 0 Å². The van der Waals surface area contributed by atoms with Gasteiger partial charge in [0.2, 0.25) is 5.82 Å². The molecule has 0 aromatic heterocycles. The van der Waals surface area contributed by atoms with Crippen LogP contribution in [0.1, 0.15) is 5.56 Å². The molecule has 118 valence electrons. The van der Waals surface area contributed by atoms with E-state index in [9.17, 15) is 39.5 Å². The number of halogens is 9. The van der Waals surface area contributed by atoms with Crippen molar-refractivity contribution in [2.45, 2.75) is 6.92 Å². The van der Waals surface area contributed by atoms with Crippen molar-refractivity contribution in [2.24, 2.45) is 0 Å². The summed E-state index contributed by atoms with van der Waals surface area (Å²) in [6.45, 7) is 0.600. The molecule has 0 heterocycles. The van der Waals surface area contributed by atoms with Gasteiger partial charge in [-0.1, -0.05) is 0 Å². The van der Waals surface area contributed by atoms with Gasteiger partial charge in [-0.05, 0) is 6.92 Å². The maximum absolute atomic E-state index is 13.8. The van der Waals surface area contributed by atoms with Gasteiger partial charge in [-0.15, -0.1) is 0 Å². The van der Waals surface area contributed by atoms with Gasteiger partial charge in [-0.25, -0.2) is 39.5 Å². The van der Waals surface area contributed by atoms with Crippen LogP contribution in [0.5, 0.6) is 0 Å². The lowest BCUT2D eigenvalue weighted by atomic mass is 9.99. The Morgan fingerprint density at radius 3 is 1.05 bits per heavy atom. The first-order valence-electron chi connectivity index (χ1n) is 5.45. The van der Waals surface area contributed by atoms with Crippen LogP contribution in [0, 0.1) is 59.3 Å². The smallest absolute Gasteiger partial charge is 0.200 e. The monoisotopic (exact) mass is 330 g/mol. The number of rotatable bonds is 1. The average molecular weight is 330 g/mol. The van der Waals surface area contributed by atoms with Crippen LogP contribution in [0.15, 0.2) is 0 Å². The highest BCUT2D eigenvalue weighted by atomic mass is 19.2. The minimum Gasteiger partial charge on any atom is -0.206 e. The Morgan fingerprint density at radius 1 is 0.364 bits per heavy atom. The molecule has 0 fully saturated rings. The van der Waals surface area contributed by atoms with Gasteiger partial charge in [0.25, 0.3) is 0 Å². The molecule has 0 atom stereocenters. The van der Waals surface area contributed by atoms with Gasteiger partial charge >= 0.3 is 0 Å². The summed E-state index contributed by atoms with van der Waals surface area (Å²) >= 11 is 0. The molecular weight excluding hydrogens is 327 g/mol. The molecule has 0 bridgehead atoms. The van der Waals surface area contributed by atoms with E-state index in [4.69, 9.17) is 0 Å². The summed E-state index contributed by atoms with van der Waals surface area (Å²) in [5.74, 6) is -21.3. The first-order chi connectivity index (χ1) is 10.1. The van der Waals surface area contributed by atoms with Crippen molar-refractivity contribution >= 4 is 0 Å². The van der Waals surface area contributed by atoms with Crippen LogP contribution in [0.3, 0.4) is 0 Å². The predicted octanol–water partition coefficient (Wildman–Crippen LogP) is 4.91. The molecule has 0 unspecified atom stereocenters. The first-order valence-corrected chi connectivity index (χ1v) is 5.45. The predicted molar refractivity (Wildman–Crippen MR) is 56.2 cm³/mol. The fourth-order valence-electron chi connectivity index (χ4n) is 1.79. The van der Waals surface area contributed by atoms with Crippen molar-refractivity contribution in [3.05, 3.63) is 57.9 Å². The molecule has 2 rings (SSSR count). The molecule has 0 aliphatic carbocycles. The van der Waals surface area contributed by atoms with Crippen LogP contribution >= 0.6 is 0 Å². The maximum Gasteiger partial charge on any atom is 0.200 e. The standard InChI is InChI=1S/C13H3F9/c1-2-5(14)3(7(16)10(19)6(2)15)4-8(17)11(20)13(22)12(21)9(4)18/h1H3. The normalized spacial score (nSPS) is 11.2.